The van der Waals surface area contributed by atoms with Gasteiger partial charge in [0.15, 0.2) is 0 Å². The second-order valence-electron chi connectivity index (χ2n) is 15.1. The summed E-state index contributed by atoms with van der Waals surface area (Å²) in [6.07, 6.45) is 1.64. The number of fused-ring (bicyclic) bond motifs is 1. The van der Waals surface area contributed by atoms with Gasteiger partial charge in [-0.1, -0.05) is 66.7 Å². The fourth-order valence-corrected chi connectivity index (χ4v) is 7.08. The molecule has 0 unspecified atom stereocenters. The maximum Gasteiger partial charge on any atom is 0.410 e. The normalized spacial score (nSPS) is 18.0. The maximum atomic E-state index is 16.1. The molecule has 0 N–H and O–H groups in total. The molecule has 7 rings (SSSR count). The van der Waals surface area contributed by atoms with Crippen LogP contribution in [0.3, 0.4) is 0 Å². The minimum atomic E-state index is -1.13. The molecule has 9 nitrogen and oxygen atoms in total. The summed E-state index contributed by atoms with van der Waals surface area (Å²) in [5.74, 6) is 0.235. The van der Waals surface area contributed by atoms with Crippen LogP contribution >= 0.6 is 0 Å². The number of likely N-dealkylation sites (tertiary alicyclic amines) is 1. The zero-order valence-corrected chi connectivity index (χ0v) is 31.3. The number of carbonyl (C=O) groups excluding carboxylic acids is 1. The van der Waals surface area contributed by atoms with Crippen LogP contribution in [-0.2, 0) is 25.0 Å². The molecule has 0 aliphatic carbocycles. The first-order valence-corrected chi connectivity index (χ1v) is 18.6. The number of carbonyl (C=O) groups is 1. The molecule has 1 fully saturated rings. The Kier molecular flexibility index (Phi) is 11.0. The third kappa shape index (κ3) is 8.73. The molecule has 1 amide bonds. The quantitative estimate of drug-likeness (QED) is 0.142. The molecule has 11 heteroatoms. The molecule has 4 heterocycles. The Morgan fingerprint density at radius 2 is 1.61 bits per heavy atom. The Hall–Kier alpha value is -5.29. The van der Waals surface area contributed by atoms with Crippen LogP contribution in [-0.4, -0.2) is 75.2 Å². The predicted octanol–water partition coefficient (Wildman–Crippen LogP) is 8.62. The van der Waals surface area contributed by atoms with E-state index in [1.165, 1.54) is 4.90 Å². The Balaban J connectivity index is 1.07. The smallest absolute Gasteiger partial charge is 0.410 e. The van der Waals surface area contributed by atoms with Crippen molar-refractivity contribution < 1.29 is 27.8 Å². The van der Waals surface area contributed by atoms with Crippen LogP contribution in [0.15, 0.2) is 91.0 Å². The highest BCUT2D eigenvalue weighted by Gasteiger charge is 2.35. The Morgan fingerprint density at radius 3 is 2.26 bits per heavy atom. The van der Waals surface area contributed by atoms with E-state index in [0.29, 0.717) is 79.6 Å². The van der Waals surface area contributed by atoms with Crippen molar-refractivity contribution >= 4 is 22.6 Å². The molecule has 3 aromatic carbocycles. The van der Waals surface area contributed by atoms with Gasteiger partial charge in [0.2, 0.25) is 11.8 Å². The maximum absolute atomic E-state index is 16.1. The van der Waals surface area contributed by atoms with Crippen LogP contribution in [0.1, 0.15) is 50.3 Å². The number of piperidine rings is 1. The molecule has 54 heavy (non-hydrogen) atoms. The minimum Gasteiger partial charge on any atom is -0.473 e. The molecule has 0 radical (unpaired) electrons. The van der Waals surface area contributed by atoms with Gasteiger partial charge in [0.25, 0.3) is 0 Å². The van der Waals surface area contributed by atoms with Crippen LogP contribution < -0.4 is 9.47 Å². The predicted molar refractivity (Wildman–Crippen MR) is 205 cm³/mol. The van der Waals surface area contributed by atoms with Gasteiger partial charge in [-0.2, -0.15) is 10.1 Å². The number of rotatable bonds is 10. The Bertz CT molecular complexity index is 2120. The molecular weight excluding hydrogens is 689 g/mol. The first kappa shape index (κ1) is 37.0. The topological polar surface area (TPSA) is 82.0 Å². The molecular formula is C43H47F2N5O4. The highest BCUT2D eigenvalue weighted by atomic mass is 19.1. The van der Waals surface area contributed by atoms with Crippen molar-refractivity contribution in [2.24, 2.45) is 13.0 Å². The third-order valence-corrected chi connectivity index (χ3v) is 9.94. The van der Waals surface area contributed by atoms with Crippen LogP contribution in [0.25, 0.3) is 27.7 Å². The summed E-state index contributed by atoms with van der Waals surface area (Å²) in [5, 5.41) is 5.48. The van der Waals surface area contributed by atoms with Gasteiger partial charge in [-0.05, 0) is 68.5 Å². The number of hydrogen-bond acceptors (Lipinski definition) is 7. The molecule has 2 atom stereocenters. The SMILES string of the molecule is Cn1nc(-c2ccc(OCc3ccccc3)nc2OCc2ccccc2)c2cc(F)c(C3=CCN(C[C@H]4CCN(C(=O)OC(C)(C)C)C[C@H]4F)CC3)cc21. The summed E-state index contributed by atoms with van der Waals surface area (Å²) in [6.45, 7) is 8.42. The number of benzene rings is 3. The van der Waals surface area contributed by atoms with Gasteiger partial charge in [-0.15, -0.1) is 0 Å². The van der Waals surface area contributed by atoms with E-state index in [-0.39, 0.29) is 24.9 Å². The summed E-state index contributed by atoms with van der Waals surface area (Å²) < 4.78 is 50.8. The van der Waals surface area contributed by atoms with Crippen molar-refractivity contribution in [3.05, 3.63) is 114 Å². The molecule has 2 aliphatic rings. The number of alkyl halides is 1. The fourth-order valence-electron chi connectivity index (χ4n) is 7.08. The number of aryl methyl sites for hydroxylation is 1. The van der Waals surface area contributed by atoms with Gasteiger partial charge in [0, 0.05) is 56.2 Å². The molecule has 0 saturated carbocycles. The van der Waals surface area contributed by atoms with Crippen molar-refractivity contribution in [1.82, 2.24) is 24.6 Å². The molecule has 2 aliphatic heterocycles. The largest absolute Gasteiger partial charge is 0.473 e. The number of ether oxygens (including phenoxy) is 3. The van der Waals surface area contributed by atoms with Gasteiger partial charge < -0.3 is 19.1 Å². The van der Waals surface area contributed by atoms with Gasteiger partial charge in [-0.3, -0.25) is 9.58 Å². The zero-order valence-electron chi connectivity index (χ0n) is 31.3. The number of aromatic nitrogens is 3. The number of hydrogen-bond donors (Lipinski definition) is 0. The lowest BCUT2D eigenvalue weighted by Gasteiger charge is -2.38. The lowest BCUT2D eigenvalue weighted by atomic mass is 9.92. The van der Waals surface area contributed by atoms with Crippen molar-refractivity contribution in [2.75, 3.05) is 32.7 Å². The Morgan fingerprint density at radius 1 is 0.907 bits per heavy atom. The highest BCUT2D eigenvalue weighted by Crippen LogP contribution is 2.38. The fraction of sp³-hybridized carbons (Fsp3) is 0.372. The molecule has 0 spiro atoms. The lowest BCUT2D eigenvalue weighted by Crippen LogP contribution is -2.49. The van der Waals surface area contributed by atoms with Gasteiger partial charge >= 0.3 is 6.09 Å². The highest BCUT2D eigenvalue weighted by molar-refractivity contribution is 5.96. The van der Waals surface area contributed by atoms with Crippen LogP contribution in [0.2, 0.25) is 0 Å². The number of nitrogens with zero attached hydrogens (tertiary/aromatic N) is 5. The van der Waals surface area contributed by atoms with Gasteiger partial charge in [-0.25, -0.2) is 13.6 Å². The van der Waals surface area contributed by atoms with E-state index in [9.17, 15) is 4.79 Å². The lowest BCUT2D eigenvalue weighted by molar-refractivity contribution is 0.00200. The van der Waals surface area contributed by atoms with E-state index >= 15 is 8.78 Å². The average Bonchev–Trinajstić information content (AvgIpc) is 3.48. The molecule has 5 aromatic rings. The summed E-state index contributed by atoms with van der Waals surface area (Å²) in [4.78, 5) is 20.9. The average molecular weight is 736 g/mol. The zero-order chi connectivity index (χ0) is 37.8. The first-order chi connectivity index (χ1) is 26.0. The van der Waals surface area contributed by atoms with E-state index in [0.717, 1.165) is 22.2 Å². The minimum absolute atomic E-state index is 0.0370. The van der Waals surface area contributed by atoms with Gasteiger partial charge in [0.05, 0.1) is 17.6 Å². The number of pyridine rings is 1. The van der Waals surface area contributed by atoms with Crippen molar-refractivity contribution in [3.63, 3.8) is 0 Å². The van der Waals surface area contributed by atoms with E-state index in [1.54, 1.807) is 37.6 Å². The molecule has 0 bridgehead atoms. The van der Waals surface area contributed by atoms with Crippen molar-refractivity contribution in [2.45, 2.75) is 58.6 Å². The summed E-state index contributed by atoms with van der Waals surface area (Å²) >= 11 is 0. The molecule has 2 aromatic heterocycles. The molecule has 1 saturated heterocycles. The summed E-state index contributed by atoms with van der Waals surface area (Å²) in [5.41, 5.74) is 4.80. The second kappa shape index (κ2) is 16.0. The van der Waals surface area contributed by atoms with Crippen molar-refractivity contribution in [1.29, 1.82) is 0 Å². The van der Waals surface area contributed by atoms with E-state index in [2.05, 4.69) is 4.90 Å². The van der Waals surface area contributed by atoms with Crippen LogP contribution in [0, 0.1) is 11.7 Å². The number of amides is 1. The monoisotopic (exact) mass is 735 g/mol. The number of halogens is 2. The summed E-state index contributed by atoms with van der Waals surface area (Å²) in [7, 11) is 1.85. The van der Waals surface area contributed by atoms with E-state index in [4.69, 9.17) is 24.3 Å². The van der Waals surface area contributed by atoms with Crippen molar-refractivity contribution in [3.8, 4) is 23.0 Å². The molecule has 282 valence electrons. The van der Waals surface area contributed by atoms with Crippen LogP contribution in [0.5, 0.6) is 11.8 Å². The standard InChI is InChI=1S/C43H47F2N5O4/c1-43(2,3)54-42(51)50-22-19-32(37(45)26-50)25-49-20-17-31(18-21-49)34-24-38-35(23-36(34)44)40(47-48(38)4)33-15-16-39(52-27-29-11-7-5-8-12-29)46-41(33)53-28-30-13-9-6-10-14-30/h5-17,23-24,32,37H,18-22,25-28H2,1-4H3/t32-,37-/m1/s1. The van der Waals surface area contributed by atoms with E-state index in [1.807, 2.05) is 85.9 Å². The second-order valence-corrected chi connectivity index (χ2v) is 15.1. The van der Waals surface area contributed by atoms with Crippen LogP contribution in [0.4, 0.5) is 13.6 Å². The first-order valence-electron chi connectivity index (χ1n) is 18.6. The third-order valence-electron chi connectivity index (χ3n) is 9.94. The summed E-state index contributed by atoms with van der Waals surface area (Å²) in [6, 6.07) is 26.8. The van der Waals surface area contributed by atoms with Gasteiger partial charge in [0.1, 0.15) is 36.5 Å². The van der Waals surface area contributed by atoms with E-state index < -0.39 is 17.9 Å². The Labute approximate surface area is 315 Å².